The number of benzene rings is 2. The molecule has 0 unspecified atom stereocenters. The Bertz CT molecular complexity index is 1210. The van der Waals surface area contributed by atoms with Crippen molar-refractivity contribution in [2.75, 3.05) is 7.11 Å². The van der Waals surface area contributed by atoms with Crippen LogP contribution in [0.25, 0.3) is 0 Å². The number of nitrogens with one attached hydrogen (secondary N) is 1. The second kappa shape index (κ2) is 10.4. The van der Waals surface area contributed by atoms with Gasteiger partial charge in [0.05, 0.1) is 29.6 Å². The van der Waals surface area contributed by atoms with Crippen molar-refractivity contribution in [3.05, 3.63) is 92.1 Å². The summed E-state index contributed by atoms with van der Waals surface area (Å²) in [5, 5.41) is 25.6. The van der Waals surface area contributed by atoms with Crippen LogP contribution in [-0.2, 0) is 11.2 Å². The lowest BCUT2D eigenvalue weighted by Gasteiger charge is -2.10. The number of carbonyl (C=O) groups excluding carboxylic acids is 1. The van der Waals surface area contributed by atoms with Crippen molar-refractivity contribution in [2.24, 2.45) is 5.10 Å². The molecule has 1 amide bonds. The van der Waals surface area contributed by atoms with Gasteiger partial charge in [-0.2, -0.15) is 5.10 Å². The van der Waals surface area contributed by atoms with Crippen molar-refractivity contribution in [1.82, 2.24) is 10.4 Å². The molecule has 168 valence electrons. The fraction of sp³-hybridized carbons (Fsp3) is 0.0952. The van der Waals surface area contributed by atoms with E-state index in [2.05, 4.69) is 15.5 Å². The maximum Gasteiger partial charge on any atom is 0.287 e. The topological polar surface area (TPSA) is 159 Å². The van der Waals surface area contributed by atoms with Crippen LogP contribution in [0.15, 0.2) is 65.9 Å². The number of para-hydroxylation sites is 1. The lowest BCUT2D eigenvalue weighted by Crippen LogP contribution is -2.20. The molecule has 1 aromatic heterocycles. The molecule has 0 spiro atoms. The van der Waals surface area contributed by atoms with Gasteiger partial charge >= 0.3 is 0 Å². The zero-order valence-corrected chi connectivity index (χ0v) is 17.2. The fourth-order valence-corrected chi connectivity index (χ4v) is 2.73. The van der Waals surface area contributed by atoms with Gasteiger partial charge in [-0.15, -0.1) is 0 Å². The summed E-state index contributed by atoms with van der Waals surface area (Å²) >= 11 is 0. The zero-order chi connectivity index (χ0) is 23.8. The Morgan fingerprint density at radius 2 is 1.88 bits per heavy atom. The SMILES string of the molecule is COc1cc(C=NNC(=O)Cc2ccccc2[N+](=O)[O-])ccc1Oc1ccc([N+](=O)[O-])cn1. The molecule has 3 aromatic rings. The monoisotopic (exact) mass is 451 g/mol. The molecule has 12 heteroatoms. The summed E-state index contributed by atoms with van der Waals surface area (Å²) in [6.07, 6.45) is 2.25. The first-order valence-electron chi connectivity index (χ1n) is 9.38. The Morgan fingerprint density at radius 3 is 2.55 bits per heavy atom. The Morgan fingerprint density at radius 1 is 1.09 bits per heavy atom. The van der Waals surface area contributed by atoms with Crippen LogP contribution in [0.4, 0.5) is 11.4 Å². The highest BCUT2D eigenvalue weighted by Gasteiger charge is 2.15. The maximum atomic E-state index is 12.1. The van der Waals surface area contributed by atoms with Crippen LogP contribution < -0.4 is 14.9 Å². The molecule has 2 aromatic carbocycles. The molecule has 1 heterocycles. The fourth-order valence-electron chi connectivity index (χ4n) is 2.73. The third-order valence-corrected chi connectivity index (χ3v) is 4.28. The molecule has 33 heavy (non-hydrogen) atoms. The molecule has 0 aliphatic heterocycles. The maximum absolute atomic E-state index is 12.1. The number of aromatic nitrogens is 1. The van der Waals surface area contributed by atoms with Crippen molar-refractivity contribution in [3.8, 4) is 17.4 Å². The van der Waals surface area contributed by atoms with Gasteiger partial charge in [0, 0.05) is 23.8 Å². The van der Waals surface area contributed by atoms with Gasteiger partial charge < -0.3 is 9.47 Å². The van der Waals surface area contributed by atoms with Crippen LogP contribution in [-0.4, -0.2) is 34.1 Å². The standard InChI is InChI=1S/C21H17N5O7/c1-32-19-10-14(6-8-18(19)33-21-9-7-16(13-22-21)25(28)29)12-23-24-20(27)11-15-4-2-3-5-17(15)26(30)31/h2-10,12-13H,11H2,1H3,(H,24,27). The second-order valence-electron chi connectivity index (χ2n) is 6.48. The summed E-state index contributed by atoms with van der Waals surface area (Å²) in [4.78, 5) is 36.6. The summed E-state index contributed by atoms with van der Waals surface area (Å²) < 4.78 is 10.9. The lowest BCUT2D eigenvalue weighted by molar-refractivity contribution is -0.385. The quantitative estimate of drug-likeness (QED) is 0.294. The molecule has 3 rings (SSSR count). The number of methoxy groups -OCH3 is 1. The number of hydrogen-bond donors (Lipinski definition) is 1. The molecular weight excluding hydrogens is 434 g/mol. The van der Waals surface area contributed by atoms with E-state index in [9.17, 15) is 25.0 Å². The molecule has 0 saturated carbocycles. The summed E-state index contributed by atoms with van der Waals surface area (Å²) in [7, 11) is 1.43. The van der Waals surface area contributed by atoms with Crippen LogP contribution >= 0.6 is 0 Å². The van der Waals surface area contributed by atoms with Gasteiger partial charge in [0.15, 0.2) is 11.5 Å². The van der Waals surface area contributed by atoms with Crippen LogP contribution in [0, 0.1) is 20.2 Å². The van der Waals surface area contributed by atoms with E-state index < -0.39 is 15.8 Å². The third kappa shape index (κ3) is 6.07. The van der Waals surface area contributed by atoms with Crippen LogP contribution in [0.5, 0.6) is 17.4 Å². The van der Waals surface area contributed by atoms with E-state index in [1.165, 1.54) is 43.7 Å². The minimum Gasteiger partial charge on any atom is -0.493 e. The van der Waals surface area contributed by atoms with E-state index in [1.807, 2.05) is 0 Å². The van der Waals surface area contributed by atoms with E-state index in [0.717, 1.165) is 6.20 Å². The molecule has 1 N–H and O–H groups in total. The lowest BCUT2D eigenvalue weighted by atomic mass is 10.1. The average molecular weight is 451 g/mol. The zero-order valence-electron chi connectivity index (χ0n) is 17.2. The van der Waals surface area contributed by atoms with Crippen molar-refractivity contribution in [1.29, 1.82) is 0 Å². The Hall–Kier alpha value is -4.87. The van der Waals surface area contributed by atoms with Gasteiger partial charge in [0.1, 0.15) is 6.20 Å². The molecule has 12 nitrogen and oxygen atoms in total. The van der Waals surface area contributed by atoms with E-state index in [1.54, 1.807) is 24.3 Å². The number of pyridine rings is 1. The number of amides is 1. The summed E-state index contributed by atoms with van der Waals surface area (Å²) in [6, 6.07) is 13.4. The number of nitro groups is 2. The first-order valence-corrected chi connectivity index (χ1v) is 9.38. The number of hydrazone groups is 1. The molecular formula is C21H17N5O7. The van der Waals surface area contributed by atoms with Crippen LogP contribution in [0.2, 0.25) is 0 Å². The molecule has 0 atom stereocenters. The number of nitrogens with zero attached hydrogens (tertiary/aromatic N) is 4. The molecule has 0 radical (unpaired) electrons. The van der Waals surface area contributed by atoms with Crippen LogP contribution in [0.1, 0.15) is 11.1 Å². The van der Waals surface area contributed by atoms with Gasteiger partial charge in [-0.25, -0.2) is 10.4 Å². The number of rotatable bonds is 9. The Kier molecular flexibility index (Phi) is 7.21. The highest BCUT2D eigenvalue weighted by Crippen LogP contribution is 2.31. The van der Waals surface area contributed by atoms with Crippen LogP contribution in [0.3, 0.4) is 0 Å². The summed E-state index contributed by atoms with van der Waals surface area (Å²) in [5.41, 5.74) is 2.87. The number of hydrogen-bond acceptors (Lipinski definition) is 9. The predicted octanol–water partition coefficient (Wildman–Crippen LogP) is 3.39. The Balaban J connectivity index is 1.64. The predicted molar refractivity (Wildman–Crippen MR) is 116 cm³/mol. The van der Waals surface area contributed by atoms with Crippen molar-refractivity contribution >= 4 is 23.5 Å². The molecule has 0 bridgehead atoms. The number of ether oxygens (including phenoxy) is 2. The van der Waals surface area contributed by atoms with Gasteiger partial charge in [-0.3, -0.25) is 25.0 Å². The third-order valence-electron chi connectivity index (χ3n) is 4.28. The molecule has 0 aliphatic rings. The first-order chi connectivity index (χ1) is 15.9. The second-order valence-corrected chi connectivity index (χ2v) is 6.48. The number of nitro benzene ring substituents is 1. The highest BCUT2D eigenvalue weighted by molar-refractivity contribution is 5.84. The van der Waals surface area contributed by atoms with E-state index in [0.29, 0.717) is 17.1 Å². The minimum absolute atomic E-state index is 0.139. The van der Waals surface area contributed by atoms with Gasteiger partial charge in [-0.1, -0.05) is 18.2 Å². The largest absolute Gasteiger partial charge is 0.493 e. The van der Waals surface area contributed by atoms with Gasteiger partial charge in [0.25, 0.3) is 11.4 Å². The summed E-state index contributed by atoms with van der Waals surface area (Å²) in [6.45, 7) is 0. The van der Waals surface area contributed by atoms with Gasteiger partial charge in [0.2, 0.25) is 11.8 Å². The minimum atomic E-state index is -0.564. The smallest absolute Gasteiger partial charge is 0.287 e. The van der Waals surface area contributed by atoms with Gasteiger partial charge in [-0.05, 0) is 23.8 Å². The van der Waals surface area contributed by atoms with Crippen molar-refractivity contribution in [3.63, 3.8) is 0 Å². The number of carbonyl (C=O) groups is 1. The van der Waals surface area contributed by atoms with E-state index in [-0.39, 0.29) is 29.2 Å². The average Bonchev–Trinajstić information content (AvgIpc) is 2.80. The highest BCUT2D eigenvalue weighted by atomic mass is 16.6. The van der Waals surface area contributed by atoms with E-state index >= 15 is 0 Å². The normalized spacial score (nSPS) is 10.6. The molecule has 0 aliphatic carbocycles. The molecule has 0 saturated heterocycles. The Labute approximate surface area is 186 Å². The molecule has 0 fully saturated rings. The summed E-state index contributed by atoms with van der Waals surface area (Å²) in [5.74, 6) is 0.279. The van der Waals surface area contributed by atoms with Crippen molar-refractivity contribution < 1.29 is 24.1 Å². The van der Waals surface area contributed by atoms with Crippen molar-refractivity contribution in [2.45, 2.75) is 6.42 Å². The first kappa shape index (κ1) is 22.8. The van der Waals surface area contributed by atoms with E-state index in [4.69, 9.17) is 9.47 Å².